The molecule has 21 heavy (non-hydrogen) atoms. The van der Waals surface area contributed by atoms with E-state index in [4.69, 9.17) is 36.1 Å². The van der Waals surface area contributed by atoms with Crippen LogP contribution in [0.15, 0.2) is 22.7 Å². The van der Waals surface area contributed by atoms with Gasteiger partial charge in [-0.05, 0) is 6.07 Å². The van der Waals surface area contributed by atoms with Gasteiger partial charge in [-0.15, -0.1) is 0 Å². The molecule has 0 radical (unpaired) electrons. The Hall–Kier alpha value is -1.76. The SMILES string of the molecule is COCc1cc(COc2c(CN)cc(Cl)cc2OC)no1. The van der Waals surface area contributed by atoms with Crippen LogP contribution in [0.2, 0.25) is 5.02 Å². The third-order valence-corrected chi connectivity index (χ3v) is 3.01. The molecule has 6 nitrogen and oxygen atoms in total. The van der Waals surface area contributed by atoms with Gasteiger partial charge in [0.05, 0.1) is 7.11 Å². The van der Waals surface area contributed by atoms with Crippen LogP contribution in [-0.2, 0) is 24.5 Å². The minimum absolute atomic E-state index is 0.234. The molecule has 0 spiro atoms. The van der Waals surface area contributed by atoms with E-state index in [0.717, 1.165) is 5.56 Å². The third-order valence-electron chi connectivity index (χ3n) is 2.80. The number of nitrogens with zero attached hydrogens (tertiary/aromatic N) is 1. The molecule has 0 bridgehead atoms. The minimum atomic E-state index is 0.234. The smallest absolute Gasteiger partial charge is 0.166 e. The van der Waals surface area contributed by atoms with Crippen molar-refractivity contribution in [3.8, 4) is 11.5 Å². The number of halogens is 1. The van der Waals surface area contributed by atoms with Crippen LogP contribution < -0.4 is 15.2 Å². The van der Waals surface area contributed by atoms with E-state index in [1.165, 1.54) is 0 Å². The predicted molar refractivity (Wildman–Crippen MR) is 77.4 cm³/mol. The van der Waals surface area contributed by atoms with E-state index in [0.29, 0.717) is 41.1 Å². The zero-order valence-corrected chi connectivity index (χ0v) is 12.6. The zero-order valence-electron chi connectivity index (χ0n) is 11.9. The molecule has 0 unspecified atom stereocenters. The summed E-state index contributed by atoms with van der Waals surface area (Å²) in [5, 5.41) is 4.45. The fourth-order valence-electron chi connectivity index (χ4n) is 1.87. The first-order chi connectivity index (χ1) is 10.2. The fourth-order valence-corrected chi connectivity index (χ4v) is 2.10. The lowest BCUT2D eigenvalue weighted by molar-refractivity contribution is 0.155. The van der Waals surface area contributed by atoms with Gasteiger partial charge in [-0.1, -0.05) is 16.8 Å². The van der Waals surface area contributed by atoms with E-state index in [1.54, 1.807) is 32.4 Å². The van der Waals surface area contributed by atoms with Crippen molar-refractivity contribution in [3.05, 3.63) is 40.2 Å². The molecule has 0 saturated heterocycles. The number of ether oxygens (including phenoxy) is 3. The molecule has 0 atom stereocenters. The summed E-state index contributed by atoms with van der Waals surface area (Å²) >= 11 is 6.00. The van der Waals surface area contributed by atoms with Gasteiger partial charge in [0.1, 0.15) is 18.9 Å². The average Bonchev–Trinajstić information content (AvgIpc) is 2.93. The Labute approximate surface area is 127 Å². The second-order valence-corrected chi connectivity index (χ2v) is 4.74. The molecule has 7 heteroatoms. The first-order valence-corrected chi connectivity index (χ1v) is 6.68. The molecule has 2 rings (SSSR count). The van der Waals surface area contributed by atoms with Crippen molar-refractivity contribution in [2.24, 2.45) is 5.73 Å². The molecule has 0 amide bonds. The van der Waals surface area contributed by atoms with Crippen molar-refractivity contribution in [1.29, 1.82) is 0 Å². The number of rotatable bonds is 7. The van der Waals surface area contributed by atoms with Crippen LogP contribution in [0.4, 0.5) is 0 Å². The molecule has 2 N–H and O–H groups in total. The van der Waals surface area contributed by atoms with Gasteiger partial charge in [0, 0.05) is 36.4 Å². The highest BCUT2D eigenvalue weighted by atomic mass is 35.5. The van der Waals surface area contributed by atoms with Crippen molar-refractivity contribution in [3.63, 3.8) is 0 Å². The van der Waals surface area contributed by atoms with Crippen molar-refractivity contribution in [2.45, 2.75) is 19.8 Å². The third kappa shape index (κ3) is 3.87. The topological polar surface area (TPSA) is 79.7 Å². The van der Waals surface area contributed by atoms with Crippen LogP contribution in [0, 0.1) is 0 Å². The summed E-state index contributed by atoms with van der Waals surface area (Å²) < 4.78 is 21.1. The highest BCUT2D eigenvalue weighted by Gasteiger charge is 2.13. The maximum absolute atomic E-state index is 6.00. The van der Waals surface area contributed by atoms with Gasteiger partial charge < -0.3 is 24.5 Å². The Morgan fingerprint density at radius 1 is 1.24 bits per heavy atom. The first kappa shape index (κ1) is 15.6. The lowest BCUT2D eigenvalue weighted by Crippen LogP contribution is -2.05. The average molecular weight is 313 g/mol. The zero-order chi connectivity index (χ0) is 15.2. The standard InChI is InChI=1S/C14H17ClN2O4/c1-18-8-12-5-11(17-21-12)7-20-14-9(6-16)3-10(15)4-13(14)19-2/h3-5H,6-8,16H2,1-2H3. The maximum Gasteiger partial charge on any atom is 0.166 e. The number of benzene rings is 1. The second kappa shape index (κ2) is 7.31. The van der Waals surface area contributed by atoms with E-state index in [-0.39, 0.29) is 6.61 Å². The Morgan fingerprint density at radius 2 is 2.05 bits per heavy atom. The predicted octanol–water partition coefficient (Wildman–Crippen LogP) is 2.52. The van der Waals surface area contributed by atoms with Gasteiger partial charge >= 0.3 is 0 Å². The summed E-state index contributed by atoms with van der Waals surface area (Å²) in [6.45, 7) is 0.892. The van der Waals surface area contributed by atoms with Crippen molar-refractivity contribution in [2.75, 3.05) is 14.2 Å². The van der Waals surface area contributed by atoms with Crippen molar-refractivity contribution < 1.29 is 18.7 Å². The highest BCUT2D eigenvalue weighted by molar-refractivity contribution is 6.30. The molecular weight excluding hydrogens is 296 g/mol. The van der Waals surface area contributed by atoms with Crippen LogP contribution >= 0.6 is 11.6 Å². The molecule has 0 fully saturated rings. The van der Waals surface area contributed by atoms with E-state index in [1.807, 2.05) is 0 Å². The van der Waals surface area contributed by atoms with Crippen LogP contribution in [0.1, 0.15) is 17.0 Å². The van der Waals surface area contributed by atoms with Gasteiger partial charge in [-0.2, -0.15) is 0 Å². The Bertz CT molecular complexity index is 575. The quantitative estimate of drug-likeness (QED) is 0.846. The van der Waals surface area contributed by atoms with Gasteiger partial charge in [-0.3, -0.25) is 0 Å². The van der Waals surface area contributed by atoms with Crippen molar-refractivity contribution in [1.82, 2.24) is 5.16 Å². The molecule has 1 aromatic carbocycles. The lowest BCUT2D eigenvalue weighted by Gasteiger charge is -2.14. The Balaban J connectivity index is 2.14. The fraction of sp³-hybridized carbons (Fsp3) is 0.357. The van der Waals surface area contributed by atoms with Gasteiger partial charge in [0.15, 0.2) is 17.3 Å². The number of hydrogen-bond donors (Lipinski definition) is 1. The van der Waals surface area contributed by atoms with Crippen LogP contribution in [0.5, 0.6) is 11.5 Å². The van der Waals surface area contributed by atoms with Crippen LogP contribution in [-0.4, -0.2) is 19.4 Å². The normalized spacial score (nSPS) is 10.7. The van der Waals surface area contributed by atoms with Crippen LogP contribution in [0.25, 0.3) is 0 Å². The number of methoxy groups -OCH3 is 2. The summed E-state index contributed by atoms with van der Waals surface area (Å²) in [5.41, 5.74) is 7.13. The van der Waals surface area contributed by atoms with Gasteiger partial charge in [-0.25, -0.2) is 0 Å². The number of nitrogens with two attached hydrogens (primary N) is 1. The minimum Gasteiger partial charge on any atom is -0.493 e. The monoisotopic (exact) mass is 312 g/mol. The van der Waals surface area contributed by atoms with E-state index >= 15 is 0 Å². The van der Waals surface area contributed by atoms with Gasteiger partial charge in [0.2, 0.25) is 0 Å². The Morgan fingerprint density at radius 3 is 2.71 bits per heavy atom. The Kier molecular flexibility index (Phi) is 5.44. The summed E-state index contributed by atoms with van der Waals surface area (Å²) in [5.74, 6) is 1.72. The molecule has 0 saturated carbocycles. The summed E-state index contributed by atoms with van der Waals surface area (Å²) in [4.78, 5) is 0. The molecule has 0 aliphatic heterocycles. The van der Waals surface area contributed by atoms with E-state index < -0.39 is 0 Å². The molecule has 114 valence electrons. The second-order valence-electron chi connectivity index (χ2n) is 4.31. The van der Waals surface area contributed by atoms with Crippen molar-refractivity contribution >= 4 is 11.6 Å². The summed E-state index contributed by atoms with van der Waals surface area (Å²) in [6, 6.07) is 5.20. The summed E-state index contributed by atoms with van der Waals surface area (Å²) in [7, 11) is 3.14. The largest absolute Gasteiger partial charge is 0.493 e. The molecule has 2 aromatic rings. The highest BCUT2D eigenvalue weighted by Crippen LogP contribution is 2.35. The maximum atomic E-state index is 6.00. The number of hydrogen-bond acceptors (Lipinski definition) is 6. The molecule has 1 aromatic heterocycles. The lowest BCUT2D eigenvalue weighted by atomic mass is 10.2. The van der Waals surface area contributed by atoms with E-state index in [2.05, 4.69) is 5.16 Å². The summed E-state index contributed by atoms with van der Waals surface area (Å²) in [6.07, 6.45) is 0. The van der Waals surface area contributed by atoms with E-state index in [9.17, 15) is 0 Å². The van der Waals surface area contributed by atoms with Crippen LogP contribution in [0.3, 0.4) is 0 Å². The number of aromatic nitrogens is 1. The van der Waals surface area contributed by atoms with Gasteiger partial charge in [0.25, 0.3) is 0 Å². The first-order valence-electron chi connectivity index (χ1n) is 6.30. The molecular formula is C14H17ClN2O4. The molecule has 0 aliphatic rings. The molecule has 0 aliphatic carbocycles. The molecule has 1 heterocycles.